The molecule has 1 aliphatic heterocycles. The number of carbonyl (C=O) groups excluding carboxylic acids is 2. The van der Waals surface area contributed by atoms with Gasteiger partial charge in [-0.25, -0.2) is 0 Å². The lowest BCUT2D eigenvalue weighted by Crippen LogP contribution is -2.29. The Morgan fingerprint density at radius 3 is 2.52 bits per heavy atom. The Morgan fingerprint density at radius 2 is 1.87 bits per heavy atom. The second-order valence-electron chi connectivity index (χ2n) is 6.88. The van der Waals surface area contributed by atoms with Gasteiger partial charge in [-0.3, -0.25) is 24.3 Å². The largest absolute Gasteiger partial charge is 0.391 e. The molecule has 2 N–H and O–H groups in total. The van der Waals surface area contributed by atoms with Crippen molar-refractivity contribution >= 4 is 34.7 Å². The maximum Gasteiger partial charge on any atom is 0.261 e. The molecule has 2 amide bonds. The summed E-state index contributed by atoms with van der Waals surface area (Å²) in [5.74, 6) is -0.287. The van der Waals surface area contributed by atoms with E-state index in [1.165, 1.54) is 11.9 Å². The maximum atomic E-state index is 12.8. The first-order valence-electron chi connectivity index (χ1n) is 10.2. The Labute approximate surface area is 186 Å². The summed E-state index contributed by atoms with van der Waals surface area (Å²) in [7, 11) is 0. The van der Waals surface area contributed by atoms with Crippen molar-refractivity contribution in [2.75, 3.05) is 19.3 Å². The average Bonchev–Trinajstić information content (AvgIpc) is 3.25. The first kappa shape index (κ1) is 22.7. The molecular formula is C23H26N4O3S. The van der Waals surface area contributed by atoms with Gasteiger partial charge in [0.1, 0.15) is 0 Å². The van der Waals surface area contributed by atoms with Crippen LogP contribution in [-0.2, 0) is 0 Å². The Hall–Kier alpha value is -2.97. The number of β-amino-alcohol motifs (C(OH)–C–C–N with tert-alkyl or cyclic N) is 1. The van der Waals surface area contributed by atoms with Crippen molar-refractivity contribution in [1.29, 1.82) is 0 Å². The van der Waals surface area contributed by atoms with E-state index in [1.54, 1.807) is 41.9 Å². The summed E-state index contributed by atoms with van der Waals surface area (Å²) < 4.78 is 2.70. The summed E-state index contributed by atoms with van der Waals surface area (Å²) in [6.45, 7) is 4.89. The Morgan fingerprint density at radius 1 is 1.13 bits per heavy atom. The minimum atomic E-state index is -0.464. The first-order chi connectivity index (χ1) is 15.1. The molecule has 3 aromatic rings. The highest BCUT2D eigenvalue weighted by Crippen LogP contribution is 2.28. The van der Waals surface area contributed by atoms with Gasteiger partial charge in [0, 0.05) is 48.3 Å². The highest BCUT2D eigenvalue weighted by molar-refractivity contribution is 7.97. The van der Waals surface area contributed by atoms with Gasteiger partial charge in [-0.1, -0.05) is 37.9 Å². The van der Waals surface area contributed by atoms with E-state index in [4.69, 9.17) is 0 Å². The van der Waals surface area contributed by atoms with Gasteiger partial charge < -0.3 is 10.0 Å². The number of aliphatic hydroxyl groups is 1. The molecule has 0 saturated carbocycles. The van der Waals surface area contributed by atoms with Gasteiger partial charge in [0.2, 0.25) is 0 Å². The third-order valence-electron chi connectivity index (χ3n) is 4.96. The topological polar surface area (TPSA) is 95.4 Å². The molecule has 1 aromatic carbocycles. The van der Waals surface area contributed by atoms with Crippen LogP contribution in [0.15, 0.2) is 48.9 Å². The molecule has 0 spiro atoms. The number of pyridine rings is 2. The highest BCUT2D eigenvalue weighted by Gasteiger charge is 2.26. The minimum Gasteiger partial charge on any atom is -0.391 e. The lowest BCUT2D eigenvalue weighted by molar-refractivity contribution is 0.0764. The third-order valence-corrected chi connectivity index (χ3v) is 5.35. The molecule has 1 fully saturated rings. The van der Waals surface area contributed by atoms with E-state index in [9.17, 15) is 14.7 Å². The highest BCUT2D eigenvalue weighted by atomic mass is 32.2. The van der Waals surface area contributed by atoms with Crippen molar-refractivity contribution in [3.63, 3.8) is 0 Å². The number of nitrogens with one attached hydrogen (secondary N) is 1. The van der Waals surface area contributed by atoms with Gasteiger partial charge >= 0.3 is 0 Å². The molecule has 162 valence electrons. The fourth-order valence-corrected chi connectivity index (χ4v) is 3.76. The number of nitrogens with zero attached hydrogens (tertiary/aromatic N) is 3. The van der Waals surface area contributed by atoms with Crippen LogP contribution in [0, 0.1) is 0 Å². The van der Waals surface area contributed by atoms with Crippen LogP contribution < -0.4 is 4.72 Å². The van der Waals surface area contributed by atoms with Gasteiger partial charge in [-0.2, -0.15) is 0 Å². The second-order valence-corrected chi connectivity index (χ2v) is 7.50. The number of rotatable bonds is 4. The molecule has 1 aliphatic rings. The number of aliphatic hydroxyl groups excluding tert-OH is 1. The summed E-state index contributed by atoms with van der Waals surface area (Å²) in [6, 6.07) is 9.05. The van der Waals surface area contributed by atoms with Crippen LogP contribution in [0.4, 0.5) is 0 Å². The number of likely N-dealkylation sites (tertiary alicyclic amines) is 1. The molecule has 3 heterocycles. The third kappa shape index (κ3) is 5.03. The van der Waals surface area contributed by atoms with Crippen LogP contribution in [-0.4, -0.2) is 57.2 Å². The van der Waals surface area contributed by atoms with E-state index in [1.807, 2.05) is 32.0 Å². The number of fused-ring (bicyclic) bond motifs is 1. The van der Waals surface area contributed by atoms with Gasteiger partial charge in [0.05, 0.1) is 23.4 Å². The summed E-state index contributed by atoms with van der Waals surface area (Å²) >= 11 is 1.25. The van der Waals surface area contributed by atoms with Crippen LogP contribution >= 0.6 is 11.9 Å². The van der Waals surface area contributed by atoms with E-state index in [2.05, 4.69) is 14.7 Å². The molecule has 0 aliphatic carbocycles. The van der Waals surface area contributed by atoms with E-state index in [0.717, 1.165) is 16.5 Å². The zero-order chi connectivity index (χ0) is 22.4. The monoisotopic (exact) mass is 438 g/mol. The molecule has 31 heavy (non-hydrogen) atoms. The van der Waals surface area contributed by atoms with Crippen molar-refractivity contribution in [3.8, 4) is 11.1 Å². The van der Waals surface area contributed by atoms with Crippen molar-refractivity contribution in [3.05, 3.63) is 60.0 Å². The lowest BCUT2D eigenvalue weighted by atomic mass is 10.0. The molecule has 2 aromatic heterocycles. The summed E-state index contributed by atoms with van der Waals surface area (Å²) in [5.41, 5.74) is 3.45. The van der Waals surface area contributed by atoms with Gasteiger partial charge in [-0.05, 0) is 30.2 Å². The van der Waals surface area contributed by atoms with Crippen LogP contribution in [0.2, 0.25) is 0 Å². The fraction of sp³-hybridized carbons (Fsp3) is 0.304. The molecule has 0 bridgehead atoms. The zero-order valence-electron chi connectivity index (χ0n) is 17.8. The van der Waals surface area contributed by atoms with Crippen molar-refractivity contribution in [2.45, 2.75) is 26.4 Å². The fourth-order valence-electron chi connectivity index (χ4n) is 3.45. The number of benzene rings is 1. The Balaban J connectivity index is 0.00000132. The number of carbonyl (C=O) groups is 2. The van der Waals surface area contributed by atoms with Crippen molar-refractivity contribution in [2.24, 2.45) is 0 Å². The first-order valence-corrected chi connectivity index (χ1v) is 11.4. The smallest absolute Gasteiger partial charge is 0.261 e. The van der Waals surface area contributed by atoms with Crippen LogP contribution in [0.3, 0.4) is 0 Å². The molecule has 1 atom stereocenters. The predicted octanol–water partition coefficient (Wildman–Crippen LogP) is 3.54. The lowest BCUT2D eigenvalue weighted by Gasteiger charge is -2.16. The van der Waals surface area contributed by atoms with Crippen molar-refractivity contribution in [1.82, 2.24) is 19.6 Å². The Kier molecular flexibility index (Phi) is 7.59. The van der Waals surface area contributed by atoms with Crippen molar-refractivity contribution < 1.29 is 14.7 Å². The number of hydrogen-bond donors (Lipinski definition) is 2. The molecular weight excluding hydrogens is 412 g/mol. The SMILES string of the molecule is CC.CSNC(=O)c1ccc(-c2cncc3ncc(C(=O)N4CCC(O)C4)cc23)cc1. The van der Waals surface area contributed by atoms with Crippen LogP contribution in [0.1, 0.15) is 41.0 Å². The van der Waals surface area contributed by atoms with Gasteiger partial charge in [0.15, 0.2) is 0 Å². The van der Waals surface area contributed by atoms with E-state index >= 15 is 0 Å². The van der Waals surface area contributed by atoms with E-state index in [0.29, 0.717) is 36.2 Å². The molecule has 8 heteroatoms. The molecule has 0 radical (unpaired) electrons. The molecule has 7 nitrogen and oxygen atoms in total. The second kappa shape index (κ2) is 10.4. The summed E-state index contributed by atoms with van der Waals surface area (Å²) in [6.07, 6.45) is 6.87. The summed E-state index contributed by atoms with van der Waals surface area (Å²) in [4.78, 5) is 35.1. The normalized spacial score (nSPS) is 15.4. The van der Waals surface area contributed by atoms with Gasteiger partial charge in [-0.15, -0.1) is 0 Å². The average molecular weight is 439 g/mol. The Bertz CT molecular complexity index is 1070. The summed E-state index contributed by atoms with van der Waals surface area (Å²) in [5, 5.41) is 10.5. The predicted molar refractivity (Wildman–Crippen MR) is 124 cm³/mol. The van der Waals surface area contributed by atoms with Crippen LogP contribution in [0.5, 0.6) is 0 Å². The number of hydrogen-bond acceptors (Lipinski definition) is 6. The maximum absolute atomic E-state index is 12.8. The standard InChI is InChI=1S/C21H20N4O3S.C2H6/c1-29-24-20(27)14-4-2-13(3-5-14)18-10-22-11-19-17(18)8-15(9-23-19)21(28)25-7-6-16(26)12-25;1-2/h2-5,8-11,16,26H,6-7,12H2,1H3,(H,24,27);1-2H3. The number of amides is 2. The zero-order valence-corrected chi connectivity index (χ0v) is 18.6. The quantitative estimate of drug-likeness (QED) is 0.605. The molecule has 4 rings (SSSR count). The molecule has 1 saturated heterocycles. The minimum absolute atomic E-state index is 0.136. The molecule has 1 unspecified atom stereocenters. The van der Waals surface area contributed by atoms with E-state index in [-0.39, 0.29) is 11.8 Å². The number of aromatic nitrogens is 2. The van der Waals surface area contributed by atoms with E-state index < -0.39 is 6.10 Å². The van der Waals surface area contributed by atoms with Crippen LogP contribution in [0.25, 0.3) is 22.0 Å². The van der Waals surface area contributed by atoms with Gasteiger partial charge in [0.25, 0.3) is 11.8 Å².